The molecule has 3 rings (SSSR count). The van der Waals surface area contributed by atoms with Gasteiger partial charge in [-0.05, 0) is 123 Å². The van der Waals surface area contributed by atoms with Gasteiger partial charge in [-0.3, -0.25) is 0 Å². The van der Waals surface area contributed by atoms with Gasteiger partial charge in [0.05, 0.1) is 0 Å². The molecule has 0 bridgehead atoms. The molecule has 0 saturated carbocycles. The molecule has 0 aliphatic heterocycles. The van der Waals surface area contributed by atoms with Crippen LogP contribution in [-0.2, 0) is 19.3 Å². The molecular weight excluding hydrogens is 380 g/mol. The maximum Gasteiger partial charge on any atom is 0.00428 e. The first kappa shape index (κ1) is 22.4. The third-order valence-corrected chi connectivity index (χ3v) is 6.20. The Morgan fingerprint density at radius 3 is 2.27 bits per heavy atom. The Morgan fingerprint density at radius 1 is 0.967 bits per heavy atom. The molecular formula is C29H34S. The van der Waals surface area contributed by atoms with Crippen molar-refractivity contribution in [2.75, 3.05) is 0 Å². The third kappa shape index (κ3) is 4.90. The van der Waals surface area contributed by atoms with E-state index < -0.39 is 0 Å². The zero-order valence-electron chi connectivity index (χ0n) is 19.2. The standard InChI is InChI=1S/C29H34S/c1-18(2)14-23-10-11-24-16-25(9-8-22-12-13-26(30)15-21(22)7)28(17-27(23)24)29(19(3)4)20(5)6/h10,12-13,15-17,30H,1,3,8-9,11,14H2,2,4-7H3. The molecule has 0 nitrogen and oxygen atoms in total. The highest BCUT2D eigenvalue weighted by atomic mass is 32.1. The van der Waals surface area contributed by atoms with Crippen molar-refractivity contribution >= 4 is 23.8 Å². The summed E-state index contributed by atoms with van der Waals surface area (Å²) >= 11 is 4.48. The van der Waals surface area contributed by atoms with Crippen molar-refractivity contribution < 1.29 is 0 Å². The van der Waals surface area contributed by atoms with Crippen LogP contribution in [0, 0.1) is 6.92 Å². The van der Waals surface area contributed by atoms with Crippen molar-refractivity contribution in [3.8, 4) is 0 Å². The first-order chi connectivity index (χ1) is 14.2. The molecule has 2 aromatic rings. The minimum absolute atomic E-state index is 0.957. The summed E-state index contributed by atoms with van der Waals surface area (Å²) in [6.45, 7) is 19.2. The molecule has 0 N–H and O–H groups in total. The maximum absolute atomic E-state index is 4.48. The number of aryl methyl sites for hydroxylation is 3. The van der Waals surface area contributed by atoms with E-state index in [9.17, 15) is 0 Å². The summed E-state index contributed by atoms with van der Waals surface area (Å²) < 4.78 is 0. The van der Waals surface area contributed by atoms with Crippen molar-refractivity contribution in [3.05, 3.63) is 99.7 Å². The van der Waals surface area contributed by atoms with E-state index >= 15 is 0 Å². The summed E-state index contributed by atoms with van der Waals surface area (Å²) in [5, 5.41) is 0. The fourth-order valence-corrected chi connectivity index (χ4v) is 4.86. The average molecular weight is 415 g/mol. The lowest BCUT2D eigenvalue weighted by molar-refractivity contribution is 0.938. The van der Waals surface area contributed by atoms with Crippen LogP contribution in [0.4, 0.5) is 0 Å². The summed E-state index contributed by atoms with van der Waals surface area (Å²) in [7, 11) is 0. The summed E-state index contributed by atoms with van der Waals surface area (Å²) in [5.41, 5.74) is 14.7. The quantitative estimate of drug-likeness (QED) is 0.263. The Morgan fingerprint density at radius 2 is 1.67 bits per heavy atom. The maximum atomic E-state index is 4.48. The zero-order valence-corrected chi connectivity index (χ0v) is 20.0. The van der Waals surface area contributed by atoms with Crippen LogP contribution in [0.1, 0.15) is 67.5 Å². The van der Waals surface area contributed by atoms with Gasteiger partial charge in [-0.1, -0.05) is 48.1 Å². The van der Waals surface area contributed by atoms with Gasteiger partial charge in [0.1, 0.15) is 0 Å². The Kier molecular flexibility index (Phi) is 6.93. The van der Waals surface area contributed by atoms with Crippen LogP contribution in [0.15, 0.2) is 71.2 Å². The first-order valence-electron chi connectivity index (χ1n) is 10.8. The highest BCUT2D eigenvalue weighted by molar-refractivity contribution is 7.80. The van der Waals surface area contributed by atoms with Gasteiger partial charge in [0.25, 0.3) is 0 Å². The van der Waals surface area contributed by atoms with Gasteiger partial charge in [-0.2, -0.15) is 0 Å². The first-order valence-corrected chi connectivity index (χ1v) is 11.2. The Labute approximate surface area is 188 Å². The second-order valence-corrected chi connectivity index (χ2v) is 9.52. The Hall–Kier alpha value is -2.25. The van der Waals surface area contributed by atoms with Gasteiger partial charge < -0.3 is 0 Å². The smallest absolute Gasteiger partial charge is 0.00428 e. The molecule has 0 heterocycles. The van der Waals surface area contributed by atoms with Gasteiger partial charge in [-0.15, -0.1) is 12.6 Å². The lowest BCUT2D eigenvalue weighted by Gasteiger charge is -2.19. The number of hydrogen-bond donors (Lipinski definition) is 1. The number of rotatable bonds is 7. The molecule has 0 saturated heterocycles. The predicted octanol–water partition coefficient (Wildman–Crippen LogP) is 8.34. The van der Waals surface area contributed by atoms with Gasteiger partial charge in [0.15, 0.2) is 0 Å². The van der Waals surface area contributed by atoms with Crippen molar-refractivity contribution in [1.82, 2.24) is 0 Å². The van der Waals surface area contributed by atoms with E-state index in [1.54, 1.807) is 0 Å². The molecule has 0 aromatic heterocycles. The highest BCUT2D eigenvalue weighted by Gasteiger charge is 2.20. The lowest BCUT2D eigenvalue weighted by atomic mass is 9.85. The van der Waals surface area contributed by atoms with E-state index in [1.165, 1.54) is 55.7 Å². The van der Waals surface area contributed by atoms with Gasteiger partial charge >= 0.3 is 0 Å². The minimum Gasteiger partial charge on any atom is -0.143 e. The molecule has 2 aromatic carbocycles. The van der Waals surface area contributed by atoms with Crippen LogP contribution in [0.3, 0.4) is 0 Å². The van der Waals surface area contributed by atoms with Gasteiger partial charge in [0.2, 0.25) is 0 Å². The van der Waals surface area contributed by atoms with E-state index in [1.807, 2.05) is 0 Å². The molecule has 0 amide bonds. The topological polar surface area (TPSA) is 0 Å². The van der Waals surface area contributed by atoms with Crippen LogP contribution in [-0.4, -0.2) is 0 Å². The Bertz CT molecular complexity index is 1070. The number of allylic oxidation sites excluding steroid dienone is 6. The summed E-state index contributed by atoms with van der Waals surface area (Å²) in [5.74, 6) is 0. The third-order valence-electron chi connectivity index (χ3n) is 5.92. The second kappa shape index (κ2) is 9.27. The SMILES string of the molecule is C=C(C)CC1=CCc2cc(CCc3ccc(S)cc3C)c(C(C(=C)C)=C(C)C)cc21. The summed E-state index contributed by atoms with van der Waals surface area (Å²) in [6, 6.07) is 11.3. The number of benzene rings is 2. The molecule has 0 spiro atoms. The van der Waals surface area contributed by atoms with Crippen molar-refractivity contribution in [1.29, 1.82) is 0 Å². The van der Waals surface area contributed by atoms with Crippen LogP contribution in [0.25, 0.3) is 11.1 Å². The molecule has 1 aliphatic rings. The number of thiol groups is 1. The molecule has 156 valence electrons. The van der Waals surface area contributed by atoms with E-state index in [-0.39, 0.29) is 0 Å². The summed E-state index contributed by atoms with van der Waals surface area (Å²) in [4.78, 5) is 1.03. The monoisotopic (exact) mass is 414 g/mol. The van der Waals surface area contributed by atoms with Crippen molar-refractivity contribution in [3.63, 3.8) is 0 Å². The summed E-state index contributed by atoms with van der Waals surface area (Å²) in [6.07, 6.45) is 6.42. The fraction of sp³-hybridized carbons (Fsp3) is 0.310. The number of fused-ring (bicyclic) bond motifs is 1. The van der Waals surface area contributed by atoms with Gasteiger partial charge in [0, 0.05) is 4.90 Å². The van der Waals surface area contributed by atoms with Gasteiger partial charge in [-0.25, -0.2) is 0 Å². The zero-order chi connectivity index (χ0) is 22.0. The fourth-order valence-electron chi connectivity index (χ4n) is 4.59. The average Bonchev–Trinajstić information content (AvgIpc) is 3.01. The van der Waals surface area contributed by atoms with Crippen LogP contribution < -0.4 is 0 Å². The van der Waals surface area contributed by atoms with E-state index in [0.29, 0.717) is 0 Å². The largest absolute Gasteiger partial charge is 0.143 e. The minimum atomic E-state index is 0.957. The molecule has 30 heavy (non-hydrogen) atoms. The van der Waals surface area contributed by atoms with Crippen LogP contribution in [0.5, 0.6) is 0 Å². The normalized spacial score (nSPS) is 12.4. The van der Waals surface area contributed by atoms with Crippen molar-refractivity contribution in [2.45, 2.75) is 65.2 Å². The van der Waals surface area contributed by atoms with Crippen molar-refractivity contribution in [2.24, 2.45) is 0 Å². The molecule has 0 fully saturated rings. The highest BCUT2D eigenvalue weighted by Crippen LogP contribution is 2.38. The molecule has 0 atom stereocenters. The van der Waals surface area contributed by atoms with Crippen LogP contribution in [0.2, 0.25) is 0 Å². The molecule has 0 unspecified atom stereocenters. The van der Waals surface area contributed by atoms with E-state index in [2.05, 4.69) is 96.8 Å². The van der Waals surface area contributed by atoms with E-state index in [4.69, 9.17) is 0 Å². The predicted molar refractivity (Wildman–Crippen MR) is 136 cm³/mol. The molecule has 0 radical (unpaired) electrons. The second-order valence-electron chi connectivity index (χ2n) is 9.00. The number of hydrogen-bond acceptors (Lipinski definition) is 1. The lowest BCUT2D eigenvalue weighted by Crippen LogP contribution is -2.03. The van der Waals surface area contributed by atoms with Crippen LogP contribution >= 0.6 is 12.6 Å². The van der Waals surface area contributed by atoms with E-state index in [0.717, 1.165) is 36.2 Å². The molecule has 1 heteroatoms. The molecule has 1 aliphatic carbocycles. The Balaban J connectivity index is 2.05.